The quantitative estimate of drug-likeness (QED) is 0.726. The van der Waals surface area contributed by atoms with Crippen LogP contribution in [0.3, 0.4) is 0 Å². The molecule has 24 heavy (non-hydrogen) atoms. The SMILES string of the molecule is Cc1ccccc1-c1nnc(S[C@@H](C(N)=O)c2ccccc2)n1C. The molecule has 0 aliphatic heterocycles. The Balaban J connectivity index is 1.94. The number of carbonyl (C=O) groups excluding carboxylic acids is 1. The largest absolute Gasteiger partial charge is 0.368 e. The Morgan fingerprint density at radius 2 is 1.75 bits per heavy atom. The number of aromatic nitrogens is 3. The van der Waals surface area contributed by atoms with E-state index in [1.807, 2.05) is 73.1 Å². The first-order valence-electron chi connectivity index (χ1n) is 7.54. The van der Waals surface area contributed by atoms with Crippen molar-refractivity contribution in [2.45, 2.75) is 17.3 Å². The summed E-state index contributed by atoms with van der Waals surface area (Å²) < 4.78 is 1.89. The summed E-state index contributed by atoms with van der Waals surface area (Å²) in [5.41, 5.74) is 8.60. The third-order valence-electron chi connectivity index (χ3n) is 3.80. The highest BCUT2D eigenvalue weighted by Crippen LogP contribution is 2.35. The van der Waals surface area contributed by atoms with Crippen molar-refractivity contribution in [2.75, 3.05) is 0 Å². The molecule has 0 saturated heterocycles. The Morgan fingerprint density at radius 3 is 2.42 bits per heavy atom. The first-order valence-corrected chi connectivity index (χ1v) is 8.42. The number of primary amides is 1. The number of hydrogen-bond acceptors (Lipinski definition) is 4. The summed E-state index contributed by atoms with van der Waals surface area (Å²) in [6, 6.07) is 17.5. The number of nitrogens with two attached hydrogens (primary N) is 1. The van der Waals surface area contributed by atoms with Gasteiger partial charge in [0.2, 0.25) is 5.91 Å². The van der Waals surface area contributed by atoms with E-state index in [1.54, 1.807) is 0 Å². The van der Waals surface area contributed by atoms with E-state index in [0.717, 1.165) is 22.5 Å². The van der Waals surface area contributed by atoms with Gasteiger partial charge in [0.1, 0.15) is 5.25 Å². The standard InChI is InChI=1S/C18H18N4OS/c1-12-8-6-7-11-14(12)17-20-21-18(22(17)2)24-15(16(19)23)13-9-4-3-5-10-13/h3-11,15H,1-2H3,(H2,19,23)/t15-/m1/s1. The zero-order valence-corrected chi connectivity index (χ0v) is 14.3. The van der Waals surface area contributed by atoms with Crippen LogP contribution in [0.15, 0.2) is 59.8 Å². The molecule has 2 N–H and O–H groups in total. The van der Waals surface area contributed by atoms with Gasteiger partial charge < -0.3 is 10.3 Å². The fourth-order valence-corrected chi connectivity index (χ4v) is 3.45. The molecule has 5 nitrogen and oxygen atoms in total. The van der Waals surface area contributed by atoms with Crippen LogP contribution in [-0.2, 0) is 11.8 Å². The molecule has 2 aromatic carbocycles. The molecule has 0 spiro atoms. The average Bonchev–Trinajstić information content (AvgIpc) is 2.94. The van der Waals surface area contributed by atoms with E-state index in [2.05, 4.69) is 10.2 Å². The number of rotatable bonds is 5. The zero-order valence-electron chi connectivity index (χ0n) is 13.5. The number of amides is 1. The maximum atomic E-state index is 11.9. The molecule has 0 aliphatic carbocycles. The lowest BCUT2D eigenvalue weighted by atomic mass is 10.1. The van der Waals surface area contributed by atoms with E-state index in [-0.39, 0.29) is 0 Å². The number of carbonyl (C=O) groups is 1. The Kier molecular flexibility index (Phi) is 4.66. The van der Waals surface area contributed by atoms with Gasteiger partial charge in [-0.25, -0.2) is 0 Å². The second-order valence-electron chi connectivity index (χ2n) is 5.49. The molecule has 0 fully saturated rings. The van der Waals surface area contributed by atoms with Crippen molar-refractivity contribution in [1.82, 2.24) is 14.8 Å². The third kappa shape index (κ3) is 3.19. The predicted molar refractivity (Wildman–Crippen MR) is 95.4 cm³/mol. The minimum absolute atomic E-state index is 0.397. The van der Waals surface area contributed by atoms with Crippen LogP contribution in [0.5, 0.6) is 0 Å². The van der Waals surface area contributed by atoms with Gasteiger partial charge in [-0.2, -0.15) is 0 Å². The molecule has 0 radical (unpaired) electrons. The van der Waals surface area contributed by atoms with Crippen molar-refractivity contribution in [2.24, 2.45) is 12.8 Å². The normalized spacial score (nSPS) is 12.1. The lowest BCUT2D eigenvalue weighted by Gasteiger charge is -2.13. The van der Waals surface area contributed by atoms with Crippen LogP contribution < -0.4 is 5.73 Å². The fraction of sp³-hybridized carbons (Fsp3) is 0.167. The molecule has 122 valence electrons. The lowest BCUT2D eigenvalue weighted by Crippen LogP contribution is -2.19. The van der Waals surface area contributed by atoms with Crippen LogP contribution in [0.2, 0.25) is 0 Å². The smallest absolute Gasteiger partial charge is 0.235 e. The number of hydrogen-bond donors (Lipinski definition) is 1. The van der Waals surface area contributed by atoms with Gasteiger partial charge in [0.25, 0.3) is 0 Å². The molecule has 0 aliphatic rings. The van der Waals surface area contributed by atoms with E-state index in [4.69, 9.17) is 5.73 Å². The number of benzene rings is 2. The average molecular weight is 338 g/mol. The fourth-order valence-electron chi connectivity index (χ4n) is 2.50. The van der Waals surface area contributed by atoms with Crippen molar-refractivity contribution in [3.8, 4) is 11.4 Å². The van der Waals surface area contributed by atoms with Crippen LogP contribution in [0, 0.1) is 6.92 Å². The van der Waals surface area contributed by atoms with E-state index in [9.17, 15) is 4.79 Å². The van der Waals surface area contributed by atoms with Gasteiger partial charge >= 0.3 is 0 Å². The lowest BCUT2D eigenvalue weighted by molar-refractivity contribution is -0.117. The first kappa shape index (κ1) is 16.3. The van der Waals surface area contributed by atoms with Crippen LogP contribution in [0.25, 0.3) is 11.4 Å². The van der Waals surface area contributed by atoms with Crippen molar-refractivity contribution in [1.29, 1.82) is 0 Å². The van der Waals surface area contributed by atoms with Gasteiger partial charge in [-0.05, 0) is 18.1 Å². The Labute approximate surface area is 144 Å². The molecule has 0 saturated carbocycles. The highest BCUT2D eigenvalue weighted by atomic mass is 32.2. The molecule has 3 rings (SSSR count). The van der Waals surface area contributed by atoms with Gasteiger partial charge in [0.15, 0.2) is 11.0 Å². The molecule has 3 aromatic rings. The number of aryl methyl sites for hydroxylation is 1. The van der Waals surface area contributed by atoms with Crippen molar-refractivity contribution in [3.05, 3.63) is 65.7 Å². The molecule has 1 atom stereocenters. The van der Waals surface area contributed by atoms with E-state index in [0.29, 0.717) is 5.16 Å². The van der Waals surface area contributed by atoms with E-state index in [1.165, 1.54) is 11.8 Å². The van der Waals surface area contributed by atoms with Gasteiger partial charge in [-0.15, -0.1) is 10.2 Å². The van der Waals surface area contributed by atoms with Crippen LogP contribution in [0.1, 0.15) is 16.4 Å². The van der Waals surface area contributed by atoms with Crippen LogP contribution in [0.4, 0.5) is 0 Å². The second-order valence-corrected chi connectivity index (χ2v) is 6.56. The van der Waals surface area contributed by atoms with Crippen LogP contribution in [-0.4, -0.2) is 20.7 Å². The van der Waals surface area contributed by atoms with Gasteiger partial charge in [-0.3, -0.25) is 4.79 Å². The van der Waals surface area contributed by atoms with Gasteiger partial charge in [0, 0.05) is 12.6 Å². The number of nitrogens with zero attached hydrogens (tertiary/aromatic N) is 3. The van der Waals surface area contributed by atoms with E-state index >= 15 is 0 Å². The molecular formula is C18H18N4OS. The molecular weight excluding hydrogens is 320 g/mol. The molecule has 0 unspecified atom stereocenters. The van der Waals surface area contributed by atoms with Crippen molar-refractivity contribution >= 4 is 17.7 Å². The Bertz CT molecular complexity index is 860. The molecule has 1 heterocycles. The van der Waals surface area contributed by atoms with Crippen LogP contribution >= 0.6 is 11.8 Å². The summed E-state index contributed by atoms with van der Waals surface area (Å²) in [6.45, 7) is 2.03. The third-order valence-corrected chi connectivity index (χ3v) is 5.11. The molecule has 1 amide bonds. The second kappa shape index (κ2) is 6.88. The summed E-state index contributed by atoms with van der Waals surface area (Å²) in [7, 11) is 1.90. The minimum Gasteiger partial charge on any atom is -0.368 e. The minimum atomic E-state index is -0.501. The highest BCUT2D eigenvalue weighted by molar-refractivity contribution is 8.00. The van der Waals surface area contributed by atoms with Crippen molar-refractivity contribution in [3.63, 3.8) is 0 Å². The summed E-state index contributed by atoms with van der Waals surface area (Å²) in [5, 5.41) is 8.69. The summed E-state index contributed by atoms with van der Waals surface area (Å²) >= 11 is 1.31. The predicted octanol–water partition coefficient (Wildman–Crippen LogP) is 3.11. The molecule has 0 bridgehead atoms. The topological polar surface area (TPSA) is 73.8 Å². The van der Waals surface area contributed by atoms with E-state index < -0.39 is 11.2 Å². The maximum Gasteiger partial charge on any atom is 0.235 e. The highest BCUT2D eigenvalue weighted by Gasteiger charge is 2.23. The maximum absolute atomic E-state index is 11.9. The van der Waals surface area contributed by atoms with Gasteiger partial charge in [-0.1, -0.05) is 66.4 Å². The summed E-state index contributed by atoms with van der Waals surface area (Å²) in [5.74, 6) is 0.374. The first-order chi connectivity index (χ1) is 11.6. The van der Waals surface area contributed by atoms with Gasteiger partial charge in [0.05, 0.1) is 0 Å². The molecule has 6 heteroatoms. The summed E-state index contributed by atoms with van der Waals surface area (Å²) in [4.78, 5) is 11.9. The number of thioether (sulfide) groups is 1. The Hall–Kier alpha value is -2.60. The molecule has 1 aromatic heterocycles. The van der Waals surface area contributed by atoms with Crippen molar-refractivity contribution < 1.29 is 4.79 Å². The monoisotopic (exact) mass is 338 g/mol. The Morgan fingerprint density at radius 1 is 1.08 bits per heavy atom. The zero-order chi connectivity index (χ0) is 17.1. The summed E-state index contributed by atoms with van der Waals surface area (Å²) in [6.07, 6.45) is 0.